The number of azo groups is 1. The Morgan fingerprint density at radius 3 is 2.87 bits per heavy atom. The van der Waals surface area contributed by atoms with Crippen LogP contribution >= 0.6 is 15.9 Å². The molecule has 1 saturated heterocycles. The van der Waals surface area contributed by atoms with E-state index in [0.29, 0.717) is 5.92 Å². The van der Waals surface area contributed by atoms with Gasteiger partial charge in [-0.1, -0.05) is 6.07 Å². The van der Waals surface area contributed by atoms with Crippen LogP contribution < -0.4 is 0 Å². The highest BCUT2D eigenvalue weighted by molar-refractivity contribution is 9.10. The Bertz CT molecular complexity index is 365. The van der Waals surface area contributed by atoms with Crippen molar-refractivity contribution in [1.82, 2.24) is 4.98 Å². The monoisotopic (exact) mass is 269 g/mol. The first kappa shape index (κ1) is 10.7. The first-order chi connectivity index (χ1) is 7.31. The number of pyridine rings is 1. The summed E-state index contributed by atoms with van der Waals surface area (Å²) in [5.41, 5.74) is 0.947. The van der Waals surface area contributed by atoms with Crippen molar-refractivity contribution < 1.29 is 4.74 Å². The van der Waals surface area contributed by atoms with Crippen molar-refractivity contribution in [2.24, 2.45) is 16.1 Å². The van der Waals surface area contributed by atoms with E-state index in [1.165, 1.54) is 0 Å². The van der Waals surface area contributed by atoms with Crippen LogP contribution in [0.15, 0.2) is 33.0 Å². The van der Waals surface area contributed by atoms with Crippen LogP contribution in [0.25, 0.3) is 0 Å². The standard InChI is InChI=1S/C10H12BrN3O/c1-12-14-10(7-5-15-6-7)8-3-2-4-9(11)13-8/h2-4,7,10H,5-6H2,1H3. The van der Waals surface area contributed by atoms with Gasteiger partial charge in [0.1, 0.15) is 10.6 Å². The maximum absolute atomic E-state index is 5.17. The van der Waals surface area contributed by atoms with Crippen LogP contribution in [-0.2, 0) is 4.74 Å². The molecule has 5 heteroatoms. The van der Waals surface area contributed by atoms with Crippen LogP contribution in [0.1, 0.15) is 11.7 Å². The van der Waals surface area contributed by atoms with Gasteiger partial charge in [0.15, 0.2) is 0 Å². The molecule has 0 aromatic carbocycles. The zero-order valence-electron chi connectivity index (χ0n) is 8.43. The normalized spacial score (nSPS) is 19.1. The molecule has 0 aliphatic carbocycles. The van der Waals surface area contributed by atoms with E-state index in [0.717, 1.165) is 23.5 Å². The van der Waals surface area contributed by atoms with Crippen molar-refractivity contribution >= 4 is 15.9 Å². The zero-order chi connectivity index (χ0) is 10.7. The smallest absolute Gasteiger partial charge is 0.120 e. The molecule has 0 bridgehead atoms. The predicted octanol–water partition coefficient (Wildman–Crippen LogP) is 2.61. The number of halogens is 1. The average Bonchev–Trinajstić information content (AvgIpc) is 2.14. The van der Waals surface area contributed by atoms with Gasteiger partial charge in [0.25, 0.3) is 0 Å². The molecular weight excluding hydrogens is 258 g/mol. The second-order valence-electron chi connectivity index (χ2n) is 3.44. The topological polar surface area (TPSA) is 46.8 Å². The highest BCUT2D eigenvalue weighted by Crippen LogP contribution is 2.31. The molecule has 0 N–H and O–H groups in total. The Morgan fingerprint density at radius 2 is 2.33 bits per heavy atom. The minimum atomic E-state index is 0.0289. The molecule has 0 radical (unpaired) electrons. The minimum absolute atomic E-state index is 0.0289. The fourth-order valence-corrected chi connectivity index (χ4v) is 1.90. The molecule has 1 unspecified atom stereocenters. The van der Waals surface area contributed by atoms with Gasteiger partial charge in [-0.05, 0) is 28.1 Å². The lowest BCUT2D eigenvalue weighted by Gasteiger charge is -2.30. The quantitative estimate of drug-likeness (QED) is 0.626. The molecule has 0 spiro atoms. The van der Waals surface area contributed by atoms with Crippen LogP contribution in [0.3, 0.4) is 0 Å². The van der Waals surface area contributed by atoms with Gasteiger partial charge in [-0.2, -0.15) is 10.2 Å². The molecule has 15 heavy (non-hydrogen) atoms. The highest BCUT2D eigenvalue weighted by atomic mass is 79.9. The van der Waals surface area contributed by atoms with Crippen molar-refractivity contribution in [1.29, 1.82) is 0 Å². The van der Waals surface area contributed by atoms with Gasteiger partial charge in [-0.25, -0.2) is 4.98 Å². The van der Waals surface area contributed by atoms with Crippen LogP contribution in [0.2, 0.25) is 0 Å². The van der Waals surface area contributed by atoms with Crippen molar-refractivity contribution in [2.75, 3.05) is 20.3 Å². The summed E-state index contributed by atoms with van der Waals surface area (Å²) in [4.78, 5) is 4.40. The largest absolute Gasteiger partial charge is 0.380 e. The molecule has 1 aromatic heterocycles. The summed E-state index contributed by atoms with van der Waals surface area (Å²) >= 11 is 3.36. The summed E-state index contributed by atoms with van der Waals surface area (Å²) in [6.07, 6.45) is 0. The Morgan fingerprint density at radius 1 is 1.53 bits per heavy atom. The summed E-state index contributed by atoms with van der Waals surface area (Å²) in [7, 11) is 1.69. The van der Waals surface area contributed by atoms with Gasteiger partial charge >= 0.3 is 0 Å². The van der Waals surface area contributed by atoms with E-state index in [9.17, 15) is 0 Å². The highest BCUT2D eigenvalue weighted by Gasteiger charge is 2.30. The van der Waals surface area contributed by atoms with Gasteiger partial charge in [0.05, 0.1) is 18.9 Å². The number of rotatable bonds is 3. The van der Waals surface area contributed by atoms with Crippen LogP contribution in [0.5, 0.6) is 0 Å². The summed E-state index contributed by atoms with van der Waals surface area (Å²) in [6, 6.07) is 5.87. The third kappa shape index (κ3) is 2.41. The molecule has 4 nitrogen and oxygen atoms in total. The first-order valence-corrected chi connectivity index (χ1v) is 5.59. The molecule has 0 saturated carbocycles. The SMILES string of the molecule is CN=NC(c1cccc(Br)n1)C1COC1. The Kier molecular flexibility index (Phi) is 3.43. The molecule has 2 heterocycles. The number of hydrogen-bond donors (Lipinski definition) is 0. The van der Waals surface area contributed by atoms with Gasteiger partial charge < -0.3 is 4.74 Å². The van der Waals surface area contributed by atoms with Crippen molar-refractivity contribution in [3.8, 4) is 0 Å². The van der Waals surface area contributed by atoms with Gasteiger partial charge in [-0.15, -0.1) is 0 Å². The summed E-state index contributed by atoms with van der Waals surface area (Å²) in [5.74, 6) is 0.412. The van der Waals surface area contributed by atoms with E-state index in [1.54, 1.807) is 7.05 Å². The van der Waals surface area contributed by atoms with E-state index >= 15 is 0 Å². The van der Waals surface area contributed by atoms with Crippen molar-refractivity contribution in [2.45, 2.75) is 6.04 Å². The lowest BCUT2D eigenvalue weighted by molar-refractivity contribution is -0.0454. The van der Waals surface area contributed by atoms with Gasteiger partial charge in [0.2, 0.25) is 0 Å². The van der Waals surface area contributed by atoms with E-state index in [4.69, 9.17) is 4.74 Å². The molecule has 1 aliphatic heterocycles. The fourth-order valence-electron chi connectivity index (χ4n) is 1.54. The Labute approximate surface area is 96.9 Å². The number of aromatic nitrogens is 1. The molecule has 1 fully saturated rings. The average molecular weight is 270 g/mol. The molecule has 80 valence electrons. The Hall–Kier alpha value is -0.810. The van der Waals surface area contributed by atoms with Crippen LogP contribution in [0, 0.1) is 5.92 Å². The minimum Gasteiger partial charge on any atom is -0.380 e. The van der Waals surface area contributed by atoms with Crippen molar-refractivity contribution in [3.05, 3.63) is 28.5 Å². The summed E-state index contributed by atoms with van der Waals surface area (Å²) in [5, 5.41) is 8.08. The summed E-state index contributed by atoms with van der Waals surface area (Å²) < 4.78 is 6.00. The third-order valence-electron chi connectivity index (χ3n) is 2.39. The third-order valence-corrected chi connectivity index (χ3v) is 2.83. The molecule has 2 rings (SSSR count). The number of ether oxygens (including phenoxy) is 1. The maximum Gasteiger partial charge on any atom is 0.120 e. The summed E-state index contributed by atoms with van der Waals surface area (Å²) in [6.45, 7) is 1.50. The van der Waals surface area contributed by atoms with Crippen LogP contribution in [0.4, 0.5) is 0 Å². The second-order valence-corrected chi connectivity index (χ2v) is 4.26. The maximum atomic E-state index is 5.17. The van der Waals surface area contributed by atoms with E-state index in [1.807, 2.05) is 18.2 Å². The zero-order valence-corrected chi connectivity index (χ0v) is 10.0. The Balaban J connectivity index is 2.23. The van der Waals surface area contributed by atoms with Gasteiger partial charge in [-0.3, -0.25) is 0 Å². The molecule has 1 atom stereocenters. The fraction of sp³-hybridized carbons (Fsp3) is 0.500. The lowest BCUT2D eigenvalue weighted by Crippen LogP contribution is -2.32. The predicted molar refractivity (Wildman–Crippen MR) is 59.8 cm³/mol. The van der Waals surface area contributed by atoms with E-state index < -0.39 is 0 Å². The number of hydrogen-bond acceptors (Lipinski definition) is 4. The lowest BCUT2D eigenvalue weighted by atomic mass is 9.96. The second kappa shape index (κ2) is 4.81. The van der Waals surface area contributed by atoms with E-state index in [-0.39, 0.29) is 6.04 Å². The van der Waals surface area contributed by atoms with Gasteiger partial charge in [0, 0.05) is 13.0 Å². The first-order valence-electron chi connectivity index (χ1n) is 4.80. The molecule has 0 amide bonds. The molecule has 1 aliphatic rings. The van der Waals surface area contributed by atoms with Crippen LogP contribution in [-0.4, -0.2) is 25.2 Å². The molecular formula is C10H12BrN3O. The number of nitrogens with zero attached hydrogens (tertiary/aromatic N) is 3. The molecule has 1 aromatic rings. The van der Waals surface area contributed by atoms with E-state index in [2.05, 4.69) is 31.1 Å². The van der Waals surface area contributed by atoms with Crippen molar-refractivity contribution in [3.63, 3.8) is 0 Å².